The van der Waals surface area contributed by atoms with E-state index in [-0.39, 0.29) is 21.3 Å². The van der Waals surface area contributed by atoms with Crippen LogP contribution in [-0.2, 0) is 0 Å². The summed E-state index contributed by atoms with van der Waals surface area (Å²) >= 11 is 11.5. The van der Waals surface area contributed by atoms with Crippen LogP contribution in [0, 0.1) is 10.1 Å². The van der Waals surface area contributed by atoms with Crippen LogP contribution in [0.3, 0.4) is 0 Å². The first-order valence-corrected chi connectivity index (χ1v) is 5.61. The quantitative estimate of drug-likeness (QED) is 0.369. The molecule has 1 aromatic carbocycles. The molecule has 1 rings (SSSR count). The summed E-state index contributed by atoms with van der Waals surface area (Å²) in [6, 6.07) is 2.27. The lowest BCUT2D eigenvalue weighted by atomic mass is 10.1. The van der Waals surface area contributed by atoms with E-state index in [4.69, 9.17) is 23.2 Å². The zero-order valence-corrected chi connectivity index (χ0v) is 11.2. The van der Waals surface area contributed by atoms with E-state index in [1.165, 1.54) is 18.3 Å². The maximum atomic E-state index is 11.8. The number of carbonyl (C=O) groups is 1. The van der Waals surface area contributed by atoms with Gasteiger partial charge in [-0.2, -0.15) is 0 Å². The standard InChI is InChI=1S/C11H10Cl2N2O3/c1-14(2)4-3-11(16)7-5-10(15(17)18)9(13)6-8(7)12/h3-6H,1-2H3. The summed E-state index contributed by atoms with van der Waals surface area (Å²) in [5.41, 5.74) is -0.298. The maximum Gasteiger partial charge on any atom is 0.288 e. The largest absolute Gasteiger partial charge is 0.383 e. The molecule has 18 heavy (non-hydrogen) atoms. The van der Waals surface area contributed by atoms with Gasteiger partial charge in [0.05, 0.1) is 9.95 Å². The number of halogens is 2. The molecule has 0 spiro atoms. The molecule has 7 heteroatoms. The number of benzene rings is 1. The highest BCUT2D eigenvalue weighted by molar-refractivity contribution is 6.38. The van der Waals surface area contributed by atoms with Crippen LogP contribution in [0.15, 0.2) is 24.4 Å². The summed E-state index contributed by atoms with van der Waals surface area (Å²) in [4.78, 5) is 23.5. The van der Waals surface area contributed by atoms with E-state index in [9.17, 15) is 14.9 Å². The van der Waals surface area contributed by atoms with Crippen LogP contribution in [-0.4, -0.2) is 29.7 Å². The molecule has 0 heterocycles. The molecule has 96 valence electrons. The number of hydrogen-bond acceptors (Lipinski definition) is 4. The number of nitro benzene ring substituents is 1. The van der Waals surface area contributed by atoms with Crippen molar-refractivity contribution in [1.82, 2.24) is 4.90 Å². The highest BCUT2D eigenvalue weighted by Crippen LogP contribution is 2.31. The van der Waals surface area contributed by atoms with Crippen LogP contribution >= 0.6 is 23.2 Å². The number of nitrogens with zero attached hydrogens (tertiary/aromatic N) is 2. The molecule has 0 fully saturated rings. The molecule has 5 nitrogen and oxygen atoms in total. The van der Waals surface area contributed by atoms with Gasteiger partial charge in [0.15, 0.2) is 5.78 Å². The van der Waals surface area contributed by atoms with Crippen molar-refractivity contribution >= 4 is 34.7 Å². The second-order valence-electron chi connectivity index (χ2n) is 3.68. The average Bonchev–Trinajstić information content (AvgIpc) is 2.25. The van der Waals surface area contributed by atoms with Crippen molar-refractivity contribution in [3.05, 3.63) is 50.1 Å². The molecular formula is C11H10Cl2N2O3. The van der Waals surface area contributed by atoms with E-state index >= 15 is 0 Å². The van der Waals surface area contributed by atoms with Crippen molar-refractivity contribution in [2.24, 2.45) is 0 Å². The third-order valence-electron chi connectivity index (χ3n) is 2.02. The zero-order valence-electron chi connectivity index (χ0n) is 9.68. The SMILES string of the molecule is CN(C)C=CC(=O)c1cc([N+](=O)[O-])c(Cl)cc1Cl. The number of carbonyl (C=O) groups excluding carboxylic acids is 1. The van der Waals surface area contributed by atoms with Gasteiger partial charge in [-0.15, -0.1) is 0 Å². The Labute approximate surface area is 114 Å². The van der Waals surface area contributed by atoms with Crippen LogP contribution in [0.25, 0.3) is 0 Å². The third kappa shape index (κ3) is 3.45. The smallest absolute Gasteiger partial charge is 0.288 e. The number of allylic oxidation sites excluding steroid dienone is 1. The lowest BCUT2D eigenvalue weighted by Crippen LogP contribution is -2.04. The normalized spacial score (nSPS) is 10.7. The van der Waals surface area contributed by atoms with E-state index in [2.05, 4.69) is 0 Å². The van der Waals surface area contributed by atoms with Crippen molar-refractivity contribution < 1.29 is 9.72 Å². The van der Waals surface area contributed by atoms with Gasteiger partial charge in [0.25, 0.3) is 5.69 Å². The molecule has 0 unspecified atom stereocenters. The molecule has 0 saturated carbocycles. The molecule has 0 aromatic heterocycles. The maximum absolute atomic E-state index is 11.8. The fourth-order valence-electron chi connectivity index (χ4n) is 1.17. The van der Waals surface area contributed by atoms with Crippen molar-refractivity contribution in [3.63, 3.8) is 0 Å². The Morgan fingerprint density at radius 1 is 1.33 bits per heavy atom. The summed E-state index contributed by atoms with van der Waals surface area (Å²) in [5.74, 6) is -0.423. The first-order valence-electron chi connectivity index (χ1n) is 4.85. The van der Waals surface area contributed by atoms with Crippen LogP contribution in [0.1, 0.15) is 10.4 Å². The van der Waals surface area contributed by atoms with E-state index < -0.39 is 10.7 Å². The van der Waals surface area contributed by atoms with Crippen LogP contribution in [0.5, 0.6) is 0 Å². The summed E-state index contributed by atoms with van der Waals surface area (Å²) in [6.07, 6.45) is 2.80. The van der Waals surface area contributed by atoms with Gasteiger partial charge in [0.2, 0.25) is 0 Å². The Hall–Kier alpha value is -1.59. The number of ketones is 1. The van der Waals surface area contributed by atoms with Crippen molar-refractivity contribution in [1.29, 1.82) is 0 Å². The molecule has 0 atom stereocenters. The zero-order chi connectivity index (χ0) is 13.9. The summed E-state index contributed by atoms with van der Waals surface area (Å²) in [5, 5.41) is 10.7. The molecule has 0 saturated heterocycles. The van der Waals surface area contributed by atoms with Crippen LogP contribution < -0.4 is 0 Å². The molecule has 0 bridgehead atoms. The second kappa shape index (κ2) is 5.84. The molecule has 1 aromatic rings. The minimum Gasteiger partial charge on any atom is -0.383 e. The van der Waals surface area contributed by atoms with Gasteiger partial charge in [0, 0.05) is 38.0 Å². The number of hydrogen-bond donors (Lipinski definition) is 0. The highest BCUT2D eigenvalue weighted by Gasteiger charge is 2.18. The highest BCUT2D eigenvalue weighted by atomic mass is 35.5. The van der Waals surface area contributed by atoms with Gasteiger partial charge < -0.3 is 4.90 Å². The van der Waals surface area contributed by atoms with Gasteiger partial charge in [-0.05, 0) is 6.07 Å². The van der Waals surface area contributed by atoms with Crippen LogP contribution in [0.2, 0.25) is 10.0 Å². The Balaban J connectivity index is 3.20. The van der Waals surface area contributed by atoms with Crippen LogP contribution in [0.4, 0.5) is 5.69 Å². The molecule has 0 N–H and O–H groups in total. The predicted octanol–water partition coefficient (Wildman–Crippen LogP) is 3.16. The monoisotopic (exact) mass is 288 g/mol. The van der Waals surface area contributed by atoms with Gasteiger partial charge >= 0.3 is 0 Å². The first-order chi connectivity index (χ1) is 8.32. The fourth-order valence-corrected chi connectivity index (χ4v) is 1.72. The molecule has 0 amide bonds. The Bertz CT molecular complexity index is 527. The Morgan fingerprint density at radius 3 is 2.44 bits per heavy atom. The van der Waals surface area contributed by atoms with Gasteiger partial charge in [0.1, 0.15) is 5.02 Å². The fraction of sp³-hybridized carbons (Fsp3) is 0.182. The molecule has 0 radical (unpaired) electrons. The summed E-state index contributed by atoms with van der Waals surface area (Å²) in [6.45, 7) is 0. The third-order valence-corrected chi connectivity index (χ3v) is 2.64. The molecule has 0 aliphatic rings. The molecule has 0 aliphatic heterocycles. The van der Waals surface area contributed by atoms with Crippen molar-refractivity contribution in [2.45, 2.75) is 0 Å². The van der Waals surface area contributed by atoms with Gasteiger partial charge in [-0.3, -0.25) is 14.9 Å². The van der Waals surface area contributed by atoms with E-state index in [1.807, 2.05) is 0 Å². The lowest BCUT2D eigenvalue weighted by Gasteiger charge is -2.04. The van der Waals surface area contributed by atoms with E-state index in [0.29, 0.717) is 0 Å². The Kier molecular flexibility index (Phi) is 4.69. The average molecular weight is 289 g/mol. The summed E-state index contributed by atoms with van der Waals surface area (Å²) in [7, 11) is 3.49. The van der Waals surface area contributed by atoms with Gasteiger partial charge in [-0.1, -0.05) is 23.2 Å². The van der Waals surface area contributed by atoms with Crippen molar-refractivity contribution in [3.8, 4) is 0 Å². The molecular weight excluding hydrogens is 279 g/mol. The Morgan fingerprint density at radius 2 is 1.94 bits per heavy atom. The minimum atomic E-state index is -0.662. The van der Waals surface area contributed by atoms with E-state index in [0.717, 1.165) is 6.07 Å². The summed E-state index contributed by atoms with van der Waals surface area (Å²) < 4.78 is 0. The molecule has 0 aliphatic carbocycles. The predicted molar refractivity (Wildman–Crippen MR) is 70.3 cm³/mol. The minimum absolute atomic E-state index is 0.0471. The lowest BCUT2D eigenvalue weighted by molar-refractivity contribution is -0.384. The second-order valence-corrected chi connectivity index (χ2v) is 4.50. The van der Waals surface area contributed by atoms with Gasteiger partial charge in [-0.25, -0.2) is 0 Å². The first kappa shape index (κ1) is 14.5. The van der Waals surface area contributed by atoms with E-state index in [1.54, 1.807) is 19.0 Å². The number of rotatable bonds is 4. The number of nitro groups is 1. The van der Waals surface area contributed by atoms with Crippen molar-refractivity contribution in [2.75, 3.05) is 14.1 Å². The topological polar surface area (TPSA) is 63.5 Å².